The standard InChI is InChI=1S/C21H27NO2/c1-4-19(24-20-15-16(2)12-13-17(20)3)21(23)22-14-8-11-18-9-6-5-7-10-18/h5-7,9-10,12-13,15,19H,4,8,11,14H2,1-3H3,(H,22,23)/t19-/m1/s1. The number of hydrogen-bond donors (Lipinski definition) is 1. The zero-order valence-electron chi connectivity index (χ0n) is 14.8. The highest BCUT2D eigenvalue weighted by atomic mass is 16.5. The molecule has 1 amide bonds. The van der Waals surface area contributed by atoms with Crippen LogP contribution in [0.3, 0.4) is 0 Å². The van der Waals surface area contributed by atoms with Gasteiger partial charge in [0, 0.05) is 6.54 Å². The van der Waals surface area contributed by atoms with Crippen LogP contribution in [0.1, 0.15) is 36.5 Å². The largest absolute Gasteiger partial charge is 0.480 e. The van der Waals surface area contributed by atoms with Crippen molar-refractivity contribution in [2.24, 2.45) is 0 Å². The van der Waals surface area contributed by atoms with E-state index in [1.54, 1.807) is 0 Å². The van der Waals surface area contributed by atoms with Crippen LogP contribution < -0.4 is 10.1 Å². The summed E-state index contributed by atoms with van der Waals surface area (Å²) in [6, 6.07) is 16.4. The lowest BCUT2D eigenvalue weighted by atomic mass is 10.1. The Hall–Kier alpha value is -2.29. The smallest absolute Gasteiger partial charge is 0.261 e. The van der Waals surface area contributed by atoms with E-state index in [9.17, 15) is 4.79 Å². The molecule has 0 spiro atoms. The molecule has 1 N–H and O–H groups in total. The Morgan fingerprint density at radius 1 is 1.12 bits per heavy atom. The molecule has 0 aliphatic carbocycles. The van der Waals surface area contributed by atoms with Crippen molar-refractivity contribution in [2.45, 2.75) is 46.1 Å². The maximum absolute atomic E-state index is 12.4. The molecule has 0 heterocycles. The van der Waals surface area contributed by atoms with E-state index >= 15 is 0 Å². The maximum atomic E-state index is 12.4. The Morgan fingerprint density at radius 2 is 1.88 bits per heavy atom. The number of benzene rings is 2. The van der Waals surface area contributed by atoms with Crippen LogP contribution in [0.15, 0.2) is 48.5 Å². The molecule has 0 aliphatic heterocycles. The second kappa shape index (κ2) is 9.11. The van der Waals surface area contributed by atoms with Crippen LogP contribution in [0, 0.1) is 13.8 Å². The lowest BCUT2D eigenvalue weighted by Gasteiger charge is -2.19. The van der Waals surface area contributed by atoms with E-state index in [-0.39, 0.29) is 5.91 Å². The summed E-state index contributed by atoms with van der Waals surface area (Å²) in [5.74, 6) is 0.757. The molecule has 0 unspecified atom stereocenters. The normalized spacial score (nSPS) is 11.8. The molecule has 0 saturated heterocycles. The number of ether oxygens (including phenoxy) is 1. The van der Waals surface area contributed by atoms with Crippen LogP contribution in [-0.2, 0) is 11.2 Å². The third kappa shape index (κ3) is 5.41. The van der Waals surface area contributed by atoms with Crippen molar-refractivity contribution in [3.8, 4) is 5.75 Å². The van der Waals surface area contributed by atoms with Gasteiger partial charge >= 0.3 is 0 Å². The molecule has 3 nitrogen and oxygen atoms in total. The van der Waals surface area contributed by atoms with Gasteiger partial charge in [-0.1, -0.05) is 49.4 Å². The summed E-state index contributed by atoms with van der Waals surface area (Å²) >= 11 is 0. The predicted octanol–water partition coefficient (Wildman–Crippen LogP) is 4.21. The topological polar surface area (TPSA) is 38.3 Å². The Morgan fingerprint density at radius 3 is 2.58 bits per heavy atom. The molecule has 2 aromatic carbocycles. The van der Waals surface area contributed by atoms with Crippen LogP contribution in [0.25, 0.3) is 0 Å². The van der Waals surface area contributed by atoms with E-state index in [0.29, 0.717) is 13.0 Å². The molecule has 128 valence electrons. The first-order valence-electron chi connectivity index (χ1n) is 8.65. The molecule has 0 saturated carbocycles. The highest BCUT2D eigenvalue weighted by molar-refractivity contribution is 5.81. The van der Waals surface area contributed by atoms with E-state index in [2.05, 4.69) is 17.4 Å². The van der Waals surface area contributed by atoms with Gasteiger partial charge < -0.3 is 10.1 Å². The first-order valence-corrected chi connectivity index (χ1v) is 8.65. The lowest BCUT2D eigenvalue weighted by Crippen LogP contribution is -2.38. The predicted molar refractivity (Wildman–Crippen MR) is 98.4 cm³/mol. The van der Waals surface area contributed by atoms with Crippen LogP contribution in [0.2, 0.25) is 0 Å². The SMILES string of the molecule is CC[C@@H](Oc1cc(C)ccc1C)C(=O)NCCCc1ccccc1. The molecular weight excluding hydrogens is 298 g/mol. The summed E-state index contributed by atoms with van der Waals surface area (Å²) in [6.07, 6.45) is 2.10. The van der Waals surface area contributed by atoms with Crippen molar-refractivity contribution < 1.29 is 9.53 Å². The summed E-state index contributed by atoms with van der Waals surface area (Å²) in [5.41, 5.74) is 3.48. The van der Waals surface area contributed by atoms with Crippen molar-refractivity contribution >= 4 is 5.91 Å². The van der Waals surface area contributed by atoms with E-state index in [0.717, 1.165) is 29.7 Å². The minimum atomic E-state index is -0.442. The Balaban J connectivity index is 1.81. The lowest BCUT2D eigenvalue weighted by molar-refractivity contribution is -0.128. The fourth-order valence-electron chi connectivity index (χ4n) is 2.57. The molecule has 0 bridgehead atoms. The number of hydrogen-bond acceptors (Lipinski definition) is 2. The van der Waals surface area contributed by atoms with Crippen LogP contribution >= 0.6 is 0 Å². The quantitative estimate of drug-likeness (QED) is 0.738. The first-order chi connectivity index (χ1) is 11.6. The molecule has 24 heavy (non-hydrogen) atoms. The maximum Gasteiger partial charge on any atom is 0.261 e. The van der Waals surface area contributed by atoms with E-state index < -0.39 is 6.10 Å². The summed E-state index contributed by atoms with van der Waals surface area (Å²) in [7, 11) is 0. The Labute approximate surface area is 145 Å². The number of aryl methyl sites for hydroxylation is 3. The summed E-state index contributed by atoms with van der Waals surface area (Å²) in [5, 5.41) is 2.99. The van der Waals surface area contributed by atoms with Gasteiger partial charge in [0.25, 0.3) is 5.91 Å². The number of amides is 1. The van der Waals surface area contributed by atoms with Crippen LogP contribution in [-0.4, -0.2) is 18.6 Å². The molecule has 0 radical (unpaired) electrons. The first kappa shape index (κ1) is 18.1. The van der Waals surface area contributed by atoms with E-state index in [1.165, 1.54) is 5.56 Å². The van der Waals surface area contributed by atoms with Gasteiger partial charge in [0.15, 0.2) is 6.10 Å². The number of nitrogens with one attached hydrogen (secondary N) is 1. The molecule has 0 aromatic heterocycles. The average molecular weight is 325 g/mol. The molecule has 2 aromatic rings. The summed E-state index contributed by atoms with van der Waals surface area (Å²) < 4.78 is 5.94. The minimum absolute atomic E-state index is 0.0357. The fourth-order valence-corrected chi connectivity index (χ4v) is 2.57. The van der Waals surface area contributed by atoms with Gasteiger partial charge in [0.1, 0.15) is 5.75 Å². The van der Waals surface area contributed by atoms with Gasteiger partial charge in [-0.3, -0.25) is 4.79 Å². The minimum Gasteiger partial charge on any atom is -0.480 e. The van der Waals surface area contributed by atoms with Gasteiger partial charge in [0.2, 0.25) is 0 Å². The van der Waals surface area contributed by atoms with Crippen molar-refractivity contribution in [3.63, 3.8) is 0 Å². The van der Waals surface area contributed by atoms with Gasteiger partial charge in [-0.15, -0.1) is 0 Å². The molecular formula is C21H27NO2. The molecule has 1 atom stereocenters. The third-order valence-corrected chi connectivity index (χ3v) is 4.06. The van der Waals surface area contributed by atoms with Crippen molar-refractivity contribution in [3.05, 3.63) is 65.2 Å². The Kier molecular flexibility index (Phi) is 6.86. The number of rotatable bonds is 8. The second-order valence-electron chi connectivity index (χ2n) is 6.16. The monoisotopic (exact) mass is 325 g/mol. The number of carbonyl (C=O) groups excluding carboxylic acids is 1. The van der Waals surface area contributed by atoms with Gasteiger partial charge in [-0.25, -0.2) is 0 Å². The van der Waals surface area contributed by atoms with E-state index in [4.69, 9.17) is 4.74 Å². The zero-order chi connectivity index (χ0) is 17.4. The van der Waals surface area contributed by atoms with Crippen molar-refractivity contribution in [1.29, 1.82) is 0 Å². The fraction of sp³-hybridized carbons (Fsp3) is 0.381. The van der Waals surface area contributed by atoms with Gasteiger partial charge in [-0.05, 0) is 55.9 Å². The zero-order valence-corrected chi connectivity index (χ0v) is 14.8. The van der Waals surface area contributed by atoms with Gasteiger partial charge in [0.05, 0.1) is 0 Å². The summed E-state index contributed by atoms with van der Waals surface area (Å²) in [4.78, 5) is 12.4. The Bertz CT molecular complexity index is 652. The summed E-state index contributed by atoms with van der Waals surface area (Å²) in [6.45, 7) is 6.66. The third-order valence-electron chi connectivity index (χ3n) is 4.06. The number of carbonyl (C=O) groups is 1. The molecule has 0 aliphatic rings. The van der Waals surface area contributed by atoms with Gasteiger partial charge in [-0.2, -0.15) is 0 Å². The van der Waals surface area contributed by atoms with Crippen molar-refractivity contribution in [1.82, 2.24) is 5.32 Å². The highest BCUT2D eigenvalue weighted by Crippen LogP contribution is 2.21. The molecule has 2 rings (SSSR count). The highest BCUT2D eigenvalue weighted by Gasteiger charge is 2.18. The molecule has 3 heteroatoms. The van der Waals surface area contributed by atoms with Crippen LogP contribution in [0.5, 0.6) is 5.75 Å². The average Bonchev–Trinajstić information content (AvgIpc) is 2.60. The molecule has 0 fully saturated rings. The van der Waals surface area contributed by atoms with Crippen molar-refractivity contribution in [2.75, 3.05) is 6.54 Å². The van der Waals surface area contributed by atoms with E-state index in [1.807, 2.05) is 57.2 Å². The second-order valence-corrected chi connectivity index (χ2v) is 6.16. The van der Waals surface area contributed by atoms with Crippen LogP contribution in [0.4, 0.5) is 0 Å².